The van der Waals surface area contributed by atoms with Crippen molar-refractivity contribution in [2.75, 3.05) is 27.4 Å². The zero-order chi connectivity index (χ0) is 14.5. The molecule has 20 heavy (non-hydrogen) atoms. The topological polar surface area (TPSA) is 47.7 Å². The fourth-order valence-electron chi connectivity index (χ4n) is 3.10. The number of para-hydroxylation sites is 1. The quantitative estimate of drug-likeness (QED) is 0.897. The molecular weight excluding hydrogens is 252 g/mol. The molecule has 112 valence electrons. The van der Waals surface area contributed by atoms with Gasteiger partial charge in [0.1, 0.15) is 5.75 Å². The molecule has 2 atom stereocenters. The molecule has 4 nitrogen and oxygen atoms in total. The summed E-state index contributed by atoms with van der Waals surface area (Å²) >= 11 is 0. The number of nitrogens with two attached hydrogens (primary N) is 1. The normalized spacial score (nSPS) is 19.9. The monoisotopic (exact) mass is 278 g/mol. The molecule has 0 aromatic heterocycles. The molecule has 1 aromatic rings. The van der Waals surface area contributed by atoms with Crippen LogP contribution in [-0.4, -0.2) is 44.4 Å². The highest BCUT2D eigenvalue weighted by Crippen LogP contribution is 2.33. The van der Waals surface area contributed by atoms with Crippen molar-refractivity contribution in [1.82, 2.24) is 4.90 Å². The lowest BCUT2D eigenvalue weighted by Crippen LogP contribution is -2.45. The van der Waals surface area contributed by atoms with Crippen molar-refractivity contribution in [2.24, 2.45) is 5.73 Å². The van der Waals surface area contributed by atoms with E-state index in [-0.39, 0.29) is 12.1 Å². The summed E-state index contributed by atoms with van der Waals surface area (Å²) < 4.78 is 11.0. The molecule has 2 N–H and O–H groups in total. The third-order valence-electron chi connectivity index (χ3n) is 4.16. The predicted molar refractivity (Wildman–Crippen MR) is 81.0 cm³/mol. The van der Waals surface area contributed by atoms with Gasteiger partial charge in [0.05, 0.1) is 13.2 Å². The molecule has 0 amide bonds. The third kappa shape index (κ3) is 3.32. The van der Waals surface area contributed by atoms with Crippen LogP contribution in [0.1, 0.15) is 31.4 Å². The minimum atomic E-state index is 0.0409. The maximum absolute atomic E-state index is 6.27. The summed E-state index contributed by atoms with van der Waals surface area (Å²) in [6.45, 7) is 3.74. The van der Waals surface area contributed by atoms with Crippen LogP contribution in [0.15, 0.2) is 24.3 Å². The van der Waals surface area contributed by atoms with E-state index in [1.54, 1.807) is 7.11 Å². The summed E-state index contributed by atoms with van der Waals surface area (Å²) in [5.74, 6) is 0.911. The molecule has 4 heteroatoms. The minimum Gasteiger partial charge on any atom is -0.496 e. The molecule has 0 aliphatic carbocycles. The van der Waals surface area contributed by atoms with Crippen molar-refractivity contribution >= 4 is 0 Å². The lowest BCUT2D eigenvalue weighted by atomic mass is 9.95. The van der Waals surface area contributed by atoms with E-state index in [4.69, 9.17) is 15.2 Å². The number of hydrogen-bond donors (Lipinski definition) is 1. The first-order valence-corrected chi connectivity index (χ1v) is 7.33. The number of rotatable bonds is 5. The SMILES string of the molecule is COc1ccccc1C(C(C)N)N(C)C1CCOCC1. The zero-order valence-electron chi connectivity index (χ0n) is 12.7. The molecular formula is C16H26N2O2. The van der Waals surface area contributed by atoms with E-state index in [1.165, 1.54) is 5.56 Å². The van der Waals surface area contributed by atoms with Gasteiger partial charge in [0, 0.05) is 30.9 Å². The zero-order valence-corrected chi connectivity index (χ0v) is 12.7. The molecule has 1 aliphatic rings. The maximum Gasteiger partial charge on any atom is 0.123 e. The molecule has 0 saturated carbocycles. The maximum atomic E-state index is 6.27. The van der Waals surface area contributed by atoms with Crippen LogP contribution in [0.25, 0.3) is 0 Å². The molecule has 1 saturated heterocycles. The van der Waals surface area contributed by atoms with Gasteiger partial charge in [0.15, 0.2) is 0 Å². The van der Waals surface area contributed by atoms with Gasteiger partial charge in [-0.3, -0.25) is 4.90 Å². The second-order valence-corrected chi connectivity index (χ2v) is 5.55. The Labute approximate surface area is 121 Å². The molecule has 0 spiro atoms. The largest absolute Gasteiger partial charge is 0.496 e. The highest BCUT2D eigenvalue weighted by Gasteiger charge is 2.30. The van der Waals surface area contributed by atoms with E-state index >= 15 is 0 Å². The molecule has 1 aromatic carbocycles. The van der Waals surface area contributed by atoms with Crippen LogP contribution in [-0.2, 0) is 4.74 Å². The Balaban J connectivity index is 2.25. The smallest absolute Gasteiger partial charge is 0.123 e. The molecule has 2 unspecified atom stereocenters. The highest BCUT2D eigenvalue weighted by atomic mass is 16.5. The Morgan fingerprint density at radius 3 is 2.55 bits per heavy atom. The lowest BCUT2D eigenvalue weighted by Gasteiger charge is -2.39. The van der Waals surface area contributed by atoms with E-state index in [9.17, 15) is 0 Å². The van der Waals surface area contributed by atoms with Crippen LogP contribution in [0.3, 0.4) is 0 Å². The fraction of sp³-hybridized carbons (Fsp3) is 0.625. The number of hydrogen-bond acceptors (Lipinski definition) is 4. The predicted octanol–water partition coefficient (Wildman–Crippen LogP) is 2.19. The Bertz CT molecular complexity index is 417. The van der Waals surface area contributed by atoms with E-state index in [1.807, 2.05) is 18.2 Å². The van der Waals surface area contributed by atoms with Crippen LogP contribution in [0.4, 0.5) is 0 Å². The van der Waals surface area contributed by atoms with Crippen molar-refractivity contribution in [2.45, 2.75) is 37.9 Å². The Morgan fingerprint density at radius 1 is 1.30 bits per heavy atom. The first-order valence-electron chi connectivity index (χ1n) is 7.33. The molecule has 0 bridgehead atoms. The van der Waals surface area contributed by atoms with Gasteiger partial charge in [-0.15, -0.1) is 0 Å². The first kappa shape index (κ1) is 15.3. The lowest BCUT2D eigenvalue weighted by molar-refractivity contribution is 0.0242. The van der Waals surface area contributed by atoms with Gasteiger partial charge >= 0.3 is 0 Å². The molecule has 2 rings (SSSR count). The van der Waals surface area contributed by atoms with Gasteiger partial charge in [-0.2, -0.15) is 0 Å². The summed E-state index contributed by atoms with van der Waals surface area (Å²) in [4.78, 5) is 2.39. The summed E-state index contributed by atoms with van der Waals surface area (Å²) in [6.07, 6.45) is 2.13. The number of nitrogens with zero attached hydrogens (tertiary/aromatic N) is 1. The average molecular weight is 278 g/mol. The van der Waals surface area contributed by atoms with E-state index in [2.05, 4.69) is 24.9 Å². The molecule has 1 aliphatic heterocycles. The van der Waals surface area contributed by atoms with Crippen molar-refractivity contribution in [3.8, 4) is 5.75 Å². The first-order chi connectivity index (χ1) is 9.65. The molecule has 0 radical (unpaired) electrons. The Kier molecular flexibility index (Phi) is 5.40. The van der Waals surface area contributed by atoms with Crippen LogP contribution in [0.2, 0.25) is 0 Å². The van der Waals surface area contributed by atoms with Crippen molar-refractivity contribution in [3.63, 3.8) is 0 Å². The van der Waals surface area contributed by atoms with Gasteiger partial charge in [-0.1, -0.05) is 18.2 Å². The van der Waals surface area contributed by atoms with Gasteiger partial charge in [-0.25, -0.2) is 0 Å². The Hall–Kier alpha value is -1.10. The third-order valence-corrected chi connectivity index (χ3v) is 4.16. The van der Waals surface area contributed by atoms with Crippen LogP contribution in [0.5, 0.6) is 5.75 Å². The average Bonchev–Trinajstić information content (AvgIpc) is 2.48. The number of methoxy groups -OCH3 is 1. The van der Waals surface area contributed by atoms with Crippen molar-refractivity contribution < 1.29 is 9.47 Å². The van der Waals surface area contributed by atoms with Crippen molar-refractivity contribution in [1.29, 1.82) is 0 Å². The van der Waals surface area contributed by atoms with E-state index in [0.29, 0.717) is 6.04 Å². The Morgan fingerprint density at radius 2 is 1.95 bits per heavy atom. The van der Waals surface area contributed by atoms with Gasteiger partial charge in [0.2, 0.25) is 0 Å². The van der Waals surface area contributed by atoms with Gasteiger partial charge < -0.3 is 15.2 Å². The highest BCUT2D eigenvalue weighted by molar-refractivity contribution is 5.36. The van der Waals surface area contributed by atoms with Crippen molar-refractivity contribution in [3.05, 3.63) is 29.8 Å². The van der Waals surface area contributed by atoms with Gasteiger partial charge in [0.25, 0.3) is 0 Å². The summed E-state index contributed by atoms with van der Waals surface area (Å²) in [6, 6.07) is 8.88. The van der Waals surface area contributed by atoms with Crippen LogP contribution >= 0.6 is 0 Å². The summed E-state index contributed by atoms with van der Waals surface area (Å²) in [5.41, 5.74) is 7.44. The van der Waals surface area contributed by atoms with E-state index in [0.717, 1.165) is 31.8 Å². The second kappa shape index (κ2) is 7.07. The minimum absolute atomic E-state index is 0.0409. The summed E-state index contributed by atoms with van der Waals surface area (Å²) in [5, 5.41) is 0. The number of likely N-dealkylation sites (N-methyl/N-ethyl adjacent to an activating group) is 1. The number of benzene rings is 1. The fourth-order valence-corrected chi connectivity index (χ4v) is 3.10. The van der Waals surface area contributed by atoms with Crippen LogP contribution < -0.4 is 10.5 Å². The number of ether oxygens (including phenoxy) is 2. The molecule has 1 fully saturated rings. The van der Waals surface area contributed by atoms with Crippen LogP contribution in [0, 0.1) is 0 Å². The summed E-state index contributed by atoms with van der Waals surface area (Å²) in [7, 11) is 3.88. The standard InChI is InChI=1S/C16H26N2O2/c1-12(17)16(14-6-4-5-7-15(14)19-3)18(2)13-8-10-20-11-9-13/h4-7,12-13,16H,8-11,17H2,1-3H3. The van der Waals surface area contributed by atoms with Gasteiger partial charge in [-0.05, 0) is 32.9 Å². The second-order valence-electron chi connectivity index (χ2n) is 5.55. The van der Waals surface area contributed by atoms with E-state index < -0.39 is 0 Å². The molecule has 1 heterocycles.